The van der Waals surface area contributed by atoms with Crippen LogP contribution in [0.15, 0.2) is 24.3 Å². The van der Waals surface area contributed by atoms with Crippen molar-refractivity contribution in [3.63, 3.8) is 0 Å². The highest BCUT2D eigenvalue weighted by atomic mass is 35.5. The lowest BCUT2D eigenvalue weighted by molar-refractivity contribution is 0.0382. The highest BCUT2D eigenvalue weighted by Crippen LogP contribution is 2.16. The van der Waals surface area contributed by atoms with Gasteiger partial charge in [0.25, 0.3) is 0 Å². The minimum atomic E-state index is 0.338. The van der Waals surface area contributed by atoms with Gasteiger partial charge < -0.3 is 10.1 Å². The number of benzene rings is 1. The van der Waals surface area contributed by atoms with Crippen LogP contribution < -0.4 is 5.32 Å². The molecule has 0 aromatic heterocycles. The summed E-state index contributed by atoms with van der Waals surface area (Å²) in [5.41, 5.74) is 1.24. The van der Waals surface area contributed by atoms with Gasteiger partial charge in [-0.25, -0.2) is 0 Å². The summed E-state index contributed by atoms with van der Waals surface area (Å²) in [6.07, 6.45) is 0. The Morgan fingerprint density at radius 1 is 1.39 bits per heavy atom. The van der Waals surface area contributed by atoms with Crippen molar-refractivity contribution in [1.29, 1.82) is 0 Å². The summed E-state index contributed by atoms with van der Waals surface area (Å²) in [6, 6.07) is 8.37. The monoisotopic (exact) mass is 268 g/mol. The highest BCUT2D eigenvalue weighted by Gasteiger charge is 2.10. The van der Waals surface area contributed by atoms with Gasteiger partial charge in [-0.3, -0.25) is 4.90 Å². The second-order valence-electron chi connectivity index (χ2n) is 4.68. The van der Waals surface area contributed by atoms with E-state index in [4.69, 9.17) is 16.3 Å². The second kappa shape index (κ2) is 7.10. The van der Waals surface area contributed by atoms with Gasteiger partial charge in [0.15, 0.2) is 0 Å². The molecule has 3 nitrogen and oxygen atoms in total. The molecule has 1 N–H and O–H groups in total. The number of nitrogens with one attached hydrogen (secondary N) is 1. The summed E-state index contributed by atoms with van der Waals surface area (Å²) in [4.78, 5) is 2.43. The Balaban J connectivity index is 1.72. The van der Waals surface area contributed by atoms with Crippen LogP contribution >= 0.6 is 11.6 Å². The SMILES string of the molecule is C[C@H](NCCN1CCOCC1)c1cccc(Cl)c1. The van der Waals surface area contributed by atoms with Crippen molar-refractivity contribution in [3.05, 3.63) is 34.9 Å². The van der Waals surface area contributed by atoms with Gasteiger partial charge in [0.1, 0.15) is 0 Å². The third kappa shape index (κ3) is 4.25. The van der Waals surface area contributed by atoms with Crippen LogP contribution in [0.5, 0.6) is 0 Å². The largest absolute Gasteiger partial charge is 0.379 e. The quantitative estimate of drug-likeness (QED) is 0.887. The minimum absolute atomic E-state index is 0.338. The molecule has 0 bridgehead atoms. The number of halogens is 1. The first kappa shape index (κ1) is 13.8. The molecule has 0 unspecified atom stereocenters. The molecule has 1 saturated heterocycles. The van der Waals surface area contributed by atoms with E-state index in [1.807, 2.05) is 18.2 Å². The molecule has 2 rings (SSSR count). The zero-order chi connectivity index (χ0) is 12.8. The second-order valence-corrected chi connectivity index (χ2v) is 5.12. The van der Waals surface area contributed by atoms with Crippen LogP contribution in [-0.2, 0) is 4.74 Å². The number of hydrogen-bond donors (Lipinski definition) is 1. The van der Waals surface area contributed by atoms with E-state index in [1.165, 1.54) is 5.56 Å². The maximum atomic E-state index is 5.99. The average Bonchev–Trinajstić information content (AvgIpc) is 2.40. The Bertz CT molecular complexity index is 367. The fraction of sp³-hybridized carbons (Fsp3) is 0.571. The van der Waals surface area contributed by atoms with Gasteiger partial charge >= 0.3 is 0 Å². The summed E-state index contributed by atoms with van der Waals surface area (Å²) >= 11 is 5.99. The minimum Gasteiger partial charge on any atom is -0.379 e. The predicted molar refractivity (Wildman–Crippen MR) is 75.1 cm³/mol. The Morgan fingerprint density at radius 2 is 2.17 bits per heavy atom. The molecule has 1 aromatic carbocycles. The van der Waals surface area contributed by atoms with Crippen LogP contribution in [0.2, 0.25) is 5.02 Å². The Morgan fingerprint density at radius 3 is 2.89 bits per heavy atom. The summed E-state index contributed by atoms with van der Waals surface area (Å²) in [6.45, 7) is 8.07. The predicted octanol–water partition coefficient (Wildman–Crippen LogP) is 2.32. The molecule has 1 aliphatic rings. The maximum absolute atomic E-state index is 5.99. The van der Waals surface area contributed by atoms with Crippen molar-refractivity contribution in [2.75, 3.05) is 39.4 Å². The number of hydrogen-bond acceptors (Lipinski definition) is 3. The molecule has 1 aliphatic heterocycles. The van der Waals surface area contributed by atoms with Crippen LogP contribution in [0, 0.1) is 0 Å². The highest BCUT2D eigenvalue weighted by molar-refractivity contribution is 6.30. The molecular weight excluding hydrogens is 248 g/mol. The topological polar surface area (TPSA) is 24.5 Å². The number of rotatable bonds is 5. The first-order chi connectivity index (χ1) is 8.75. The third-order valence-electron chi connectivity index (χ3n) is 3.33. The van der Waals surface area contributed by atoms with E-state index in [0.717, 1.165) is 44.4 Å². The summed E-state index contributed by atoms with van der Waals surface area (Å²) in [5, 5.41) is 4.33. The van der Waals surface area contributed by atoms with E-state index in [9.17, 15) is 0 Å². The fourth-order valence-corrected chi connectivity index (χ4v) is 2.36. The van der Waals surface area contributed by atoms with Crippen molar-refractivity contribution in [3.8, 4) is 0 Å². The Labute approximate surface area is 114 Å². The zero-order valence-electron chi connectivity index (χ0n) is 10.9. The van der Waals surface area contributed by atoms with Crippen molar-refractivity contribution in [1.82, 2.24) is 10.2 Å². The van der Waals surface area contributed by atoms with E-state index in [0.29, 0.717) is 6.04 Å². The fourth-order valence-electron chi connectivity index (χ4n) is 2.16. The van der Waals surface area contributed by atoms with Crippen molar-refractivity contribution in [2.45, 2.75) is 13.0 Å². The van der Waals surface area contributed by atoms with Crippen molar-refractivity contribution < 1.29 is 4.74 Å². The molecule has 4 heteroatoms. The lowest BCUT2D eigenvalue weighted by Gasteiger charge is -2.27. The average molecular weight is 269 g/mol. The van der Waals surface area contributed by atoms with Gasteiger partial charge in [-0.05, 0) is 24.6 Å². The lowest BCUT2D eigenvalue weighted by atomic mass is 10.1. The molecular formula is C14H21ClN2O. The van der Waals surface area contributed by atoms with Crippen LogP contribution in [0.4, 0.5) is 0 Å². The number of ether oxygens (including phenoxy) is 1. The Kier molecular flexibility index (Phi) is 5.45. The zero-order valence-corrected chi connectivity index (χ0v) is 11.6. The molecule has 0 radical (unpaired) electrons. The summed E-state index contributed by atoms with van der Waals surface area (Å²) in [5.74, 6) is 0. The molecule has 0 aliphatic carbocycles. The third-order valence-corrected chi connectivity index (χ3v) is 3.57. The standard InChI is InChI=1S/C14H21ClN2O/c1-12(13-3-2-4-14(15)11-13)16-5-6-17-7-9-18-10-8-17/h2-4,11-12,16H,5-10H2,1H3/t12-/m0/s1. The van der Waals surface area contributed by atoms with Gasteiger partial charge in [-0.15, -0.1) is 0 Å². The van der Waals surface area contributed by atoms with Gasteiger partial charge in [-0.1, -0.05) is 23.7 Å². The molecule has 1 aromatic rings. The van der Waals surface area contributed by atoms with Gasteiger partial charge in [0.05, 0.1) is 13.2 Å². The van der Waals surface area contributed by atoms with Gasteiger partial charge in [0.2, 0.25) is 0 Å². The van der Waals surface area contributed by atoms with E-state index >= 15 is 0 Å². The molecule has 100 valence electrons. The van der Waals surface area contributed by atoms with Crippen LogP contribution in [0.1, 0.15) is 18.5 Å². The summed E-state index contributed by atoms with van der Waals surface area (Å²) in [7, 11) is 0. The molecule has 0 amide bonds. The molecule has 0 saturated carbocycles. The normalized spacial score (nSPS) is 18.8. The Hall–Kier alpha value is -0.610. The molecule has 18 heavy (non-hydrogen) atoms. The van der Waals surface area contributed by atoms with E-state index in [1.54, 1.807) is 0 Å². The molecule has 0 spiro atoms. The van der Waals surface area contributed by atoms with Crippen molar-refractivity contribution >= 4 is 11.6 Å². The first-order valence-corrected chi connectivity index (χ1v) is 6.92. The van der Waals surface area contributed by atoms with Crippen LogP contribution in [-0.4, -0.2) is 44.3 Å². The molecule has 1 heterocycles. The van der Waals surface area contributed by atoms with Crippen molar-refractivity contribution in [2.24, 2.45) is 0 Å². The van der Waals surface area contributed by atoms with E-state index < -0.39 is 0 Å². The van der Waals surface area contributed by atoms with Crippen LogP contribution in [0.3, 0.4) is 0 Å². The number of nitrogens with zero attached hydrogens (tertiary/aromatic N) is 1. The summed E-state index contributed by atoms with van der Waals surface area (Å²) < 4.78 is 5.33. The lowest BCUT2D eigenvalue weighted by Crippen LogP contribution is -2.40. The van der Waals surface area contributed by atoms with E-state index in [-0.39, 0.29) is 0 Å². The van der Waals surface area contributed by atoms with Gasteiger partial charge in [0, 0.05) is 37.2 Å². The maximum Gasteiger partial charge on any atom is 0.0594 e. The van der Waals surface area contributed by atoms with Gasteiger partial charge in [-0.2, -0.15) is 0 Å². The molecule has 1 atom stereocenters. The number of morpholine rings is 1. The first-order valence-electron chi connectivity index (χ1n) is 6.54. The molecule has 1 fully saturated rings. The van der Waals surface area contributed by atoms with Crippen LogP contribution in [0.25, 0.3) is 0 Å². The van der Waals surface area contributed by atoms with E-state index in [2.05, 4.69) is 23.2 Å². The smallest absolute Gasteiger partial charge is 0.0594 e.